The maximum Gasteiger partial charge on any atom is 0.173 e. The fourth-order valence-electron chi connectivity index (χ4n) is 4.15. The number of hydrogen-bond acceptors (Lipinski definition) is 6. The average molecular weight is 421 g/mol. The molecule has 1 aliphatic heterocycles. The second kappa shape index (κ2) is 8.67. The molecular formula is C24H32N6O. The molecule has 164 valence electrons. The molecule has 0 saturated carbocycles. The van der Waals surface area contributed by atoms with E-state index in [2.05, 4.69) is 89.4 Å². The van der Waals surface area contributed by atoms with Crippen molar-refractivity contribution in [3.8, 4) is 5.75 Å². The zero-order chi connectivity index (χ0) is 22.0. The summed E-state index contributed by atoms with van der Waals surface area (Å²) in [7, 11) is 1.70. The van der Waals surface area contributed by atoms with Gasteiger partial charge in [0.1, 0.15) is 5.75 Å². The fraction of sp³-hybridized carbons (Fsp3) is 0.458. The highest BCUT2D eigenvalue weighted by Gasteiger charge is 2.33. The second-order valence-corrected chi connectivity index (χ2v) is 9.15. The highest BCUT2D eigenvalue weighted by Crippen LogP contribution is 2.31. The van der Waals surface area contributed by atoms with Gasteiger partial charge in [0.05, 0.1) is 18.7 Å². The van der Waals surface area contributed by atoms with E-state index < -0.39 is 0 Å². The zero-order valence-corrected chi connectivity index (χ0v) is 19.1. The third kappa shape index (κ3) is 4.56. The second-order valence-electron chi connectivity index (χ2n) is 9.15. The molecule has 1 aromatic heterocycles. The summed E-state index contributed by atoms with van der Waals surface area (Å²) in [6, 6.07) is 17.1. The number of anilines is 1. The number of rotatable bonds is 5. The van der Waals surface area contributed by atoms with Gasteiger partial charge in [-0.1, -0.05) is 29.8 Å². The topological polar surface area (TPSA) is 59.3 Å². The fourth-order valence-corrected chi connectivity index (χ4v) is 4.15. The van der Waals surface area contributed by atoms with E-state index in [-0.39, 0.29) is 11.6 Å². The Bertz CT molecular complexity index is 982. The molecular weight excluding hydrogens is 388 g/mol. The minimum Gasteiger partial charge on any atom is -0.497 e. The monoisotopic (exact) mass is 420 g/mol. The predicted molar refractivity (Wildman–Crippen MR) is 123 cm³/mol. The van der Waals surface area contributed by atoms with E-state index in [0.717, 1.165) is 37.8 Å². The van der Waals surface area contributed by atoms with Crippen LogP contribution >= 0.6 is 0 Å². The van der Waals surface area contributed by atoms with Gasteiger partial charge in [0.2, 0.25) is 0 Å². The van der Waals surface area contributed by atoms with Crippen molar-refractivity contribution in [3.05, 3.63) is 65.5 Å². The van der Waals surface area contributed by atoms with Crippen LogP contribution in [-0.2, 0) is 5.54 Å². The third-order valence-electron chi connectivity index (χ3n) is 5.88. The Morgan fingerprint density at radius 3 is 2.13 bits per heavy atom. The molecule has 0 radical (unpaired) electrons. The van der Waals surface area contributed by atoms with E-state index in [0.29, 0.717) is 0 Å². The lowest BCUT2D eigenvalue weighted by molar-refractivity contribution is 0.191. The first-order chi connectivity index (χ1) is 14.9. The van der Waals surface area contributed by atoms with Crippen LogP contribution in [0.3, 0.4) is 0 Å². The summed E-state index contributed by atoms with van der Waals surface area (Å²) in [6.07, 6.45) is 0. The van der Waals surface area contributed by atoms with Crippen LogP contribution in [0, 0.1) is 6.92 Å². The number of tetrazole rings is 1. The summed E-state index contributed by atoms with van der Waals surface area (Å²) in [4.78, 5) is 4.92. The highest BCUT2D eigenvalue weighted by atomic mass is 16.5. The number of methoxy groups -OCH3 is 1. The summed E-state index contributed by atoms with van der Waals surface area (Å²) < 4.78 is 7.26. The van der Waals surface area contributed by atoms with E-state index in [9.17, 15) is 0 Å². The van der Waals surface area contributed by atoms with Crippen LogP contribution in [0.15, 0.2) is 48.5 Å². The van der Waals surface area contributed by atoms with Gasteiger partial charge in [-0.2, -0.15) is 0 Å². The molecule has 0 unspecified atom stereocenters. The van der Waals surface area contributed by atoms with Crippen molar-refractivity contribution in [1.29, 1.82) is 0 Å². The van der Waals surface area contributed by atoms with Crippen molar-refractivity contribution in [2.24, 2.45) is 0 Å². The van der Waals surface area contributed by atoms with E-state index in [4.69, 9.17) is 4.74 Å². The van der Waals surface area contributed by atoms with Crippen molar-refractivity contribution in [2.45, 2.75) is 39.3 Å². The average Bonchev–Trinajstić information content (AvgIpc) is 3.26. The van der Waals surface area contributed by atoms with Crippen molar-refractivity contribution in [2.75, 3.05) is 38.2 Å². The van der Waals surface area contributed by atoms with Gasteiger partial charge < -0.3 is 9.64 Å². The van der Waals surface area contributed by atoms with Gasteiger partial charge in [-0.05, 0) is 68.0 Å². The molecule has 0 N–H and O–H groups in total. The molecule has 1 atom stereocenters. The molecule has 0 bridgehead atoms. The Balaban J connectivity index is 1.60. The number of nitrogens with zero attached hydrogens (tertiary/aromatic N) is 6. The summed E-state index contributed by atoms with van der Waals surface area (Å²) in [5.41, 5.74) is 3.52. The molecule has 2 heterocycles. The maximum atomic E-state index is 5.29. The SMILES string of the molecule is COc1ccc(N2CCN([C@@H](c3ccc(C)cc3)c3nnnn3C(C)(C)C)CC2)cc1. The standard InChI is InChI=1S/C24H32N6O/c1-18-6-8-19(9-7-18)22(23-25-26-27-30(23)24(2,3)4)29-16-14-28(15-17-29)20-10-12-21(31-5)13-11-20/h6-13,22H,14-17H2,1-5H3/t22-/m0/s1. The Morgan fingerprint density at radius 2 is 1.55 bits per heavy atom. The first kappa shape index (κ1) is 21.3. The Labute approximate surface area is 184 Å². The van der Waals surface area contributed by atoms with Crippen LogP contribution in [0.5, 0.6) is 5.75 Å². The summed E-state index contributed by atoms with van der Waals surface area (Å²) in [5.74, 6) is 1.78. The first-order valence-electron chi connectivity index (χ1n) is 10.8. The highest BCUT2D eigenvalue weighted by molar-refractivity contribution is 5.49. The van der Waals surface area contributed by atoms with Crippen molar-refractivity contribution in [3.63, 3.8) is 0 Å². The van der Waals surface area contributed by atoms with Gasteiger partial charge >= 0.3 is 0 Å². The number of benzene rings is 2. The van der Waals surface area contributed by atoms with Crippen LogP contribution < -0.4 is 9.64 Å². The molecule has 31 heavy (non-hydrogen) atoms. The molecule has 1 saturated heterocycles. The van der Waals surface area contributed by atoms with Crippen molar-refractivity contribution < 1.29 is 4.74 Å². The third-order valence-corrected chi connectivity index (χ3v) is 5.88. The summed E-state index contributed by atoms with van der Waals surface area (Å²) in [5, 5.41) is 12.9. The van der Waals surface area contributed by atoms with E-state index in [1.54, 1.807) is 7.11 Å². The molecule has 1 fully saturated rings. The first-order valence-corrected chi connectivity index (χ1v) is 10.8. The normalized spacial score (nSPS) is 16.4. The van der Waals surface area contributed by atoms with Gasteiger partial charge in [0.25, 0.3) is 0 Å². The van der Waals surface area contributed by atoms with Crippen molar-refractivity contribution >= 4 is 5.69 Å². The zero-order valence-electron chi connectivity index (χ0n) is 19.1. The molecule has 0 aliphatic carbocycles. The van der Waals surface area contributed by atoms with Gasteiger partial charge in [-0.3, -0.25) is 4.90 Å². The van der Waals surface area contributed by atoms with Crippen LogP contribution in [0.2, 0.25) is 0 Å². The summed E-state index contributed by atoms with van der Waals surface area (Å²) >= 11 is 0. The van der Waals surface area contributed by atoms with Crippen LogP contribution in [0.1, 0.15) is 43.8 Å². The van der Waals surface area contributed by atoms with Gasteiger partial charge in [-0.25, -0.2) is 4.68 Å². The Kier molecular flexibility index (Phi) is 5.96. The maximum absolute atomic E-state index is 5.29. The molecule has 7 heteroatoms. The van der Waals surface area contributed by atoms with Crippen LogP contribution in [0.4, 0.5) is 5.69 Å². The molecule has 2 aromatic carbocycles. The van der Waals surface area contributed by atoms with Gasteiger partial charge in [-0.15, -0.1) is 5.10 Å². The van der Waals surface area contributed by atoms with Crippen LogP contribution in [0.25, 0.3) is 0 Å². The minimum atomic E-state index is -0.188. The number of ether oxygens (including phenoxy) is 1. The number of hydrogen-bond donors (Lipinski definition) is 0. The van der Waals surface area contributed by atoms with E-state index >= 15 is 0 Å². The smallest absolute Gasteiger partial charge is 0.173 e. The predicted octanol–water partition coefficient (Wildman–Crippen LogP) is 3.66. The quantitative estimate of drug-likeness (QED) is 0.628. The Morgan fingerprint density at radius 1 is 0.903 bits per heavy atom. The molecule has 4 rings (SSSR count). The lowest BCUT2D eigenvalue weighted by atomic mass is 10.0. The minimum absolute atomic E-state index is 0.0212. The lowest BCUT2D eigenvalue weighted by Gasteiger charge is -2.40. The molecule has 0 spiro atoms. The number of piperazine rings is 1. The van der Waals surface area contributed by atoms with Gasteiger partial charge in [0.15, 0.2) is 5.82 Å². The van der Waals surface area contributed by atoms with E-state index in [1.807, 2.05) is 16.8 Å². The van der Waals surface area contributed by atoms with Crippen LogP contribution in [-0.4, -0.2) is 58.4 Å². The molecule has 1 aliphatic rings. The van der Waals surface area contributed by atoms with Gasteiger partial charge in [0, 0.05) is 31.9 Å². The Hall–Kier alpha value is -2.93. The number of aryl methyl sites for hydroxylation is 1. The number of aromatic nitrogens is 4. The summed E-state index contributed by atoms with van der Waals surface area (Å²) in [6.45, 7) is 12.3. The van der Waals surface area contributed by atoms with Crippen molar-refractivity contribution in [1.82, 2.24) is 25.1 Å². The largest absolute Gasteiger partial charge is 0.497 e. The van der Waals surface area contributed by atoms with E-state index in [1.165, 1.54) is 16.8 Å². The molecule has 0 amide bonds. The lowest BCUT2D eigenvalue weighted by Crippen LogP contribution is -2.48. The molecule has 7 nitrogen and oxygen atoms in total. The molecule has 3 aromatic rings.